The number of aryl methyl sites for hydroxylation is 1. The second-order valence-electron chi connectivity index (χ2n) is 4.66. The van der Waals surface area contributed by atoms with E-state index in [0.29, 0.717) is 5.69 Å². The van der Waals surface area contributed by atoms with Crippen molar-refractivity contribution in [2.75, 3.05) is 5.73 Å². The first-order valence-electron chi connectivity index (χ1n) is 6.54. The van der Waals surface area contributed by atoms with E-state index in [4.69, 9.17) is 11.0 Å². The summed E-state index contributed by atoms with van der Waals surface area (Å²) in [4.78, 5) is 4.23. The van der Waals surface area contributed by atoms with Gasteiger partial charge in [0.05, 0.1) is 5.69 Å². The number of fused-ring (bicyclic) bond motifs is 1. The van der Waals surface area contributed by atoms with Crippen molar-refractivity contribution in [1.29, 1.82) is 5.26 Å². The zero-order valence-corrected chi connectivity index (χ0v) is 11.7. The van der Waals surface area contributed by atoms with Crippen molar-refractivity contribution >= 4 is 17.4 Å². The molecule has 3 rings (SSSR count). The Morgan fingerprint density at radius 2 is 2.15 bits per heavy atom. The van der Waals surface area contributed by atoms with Crippen LogP contribution in [0.1, 0.15) is 30.8 Å². The van der Waals surface area contributed by atoms with E-state index in [1.54, 1.807) is 12.1 Å². The summed E-state index contributed by atoms with van der Waals surface area (Å²) in [6.07, 6.45) is 4.52. The minimum atomic E-state index is 0.255. The smallest absolute Gasteiger partial charge is 0.197 e. The van der Waals surface area contributed by atoms with Crippen molar-refractivity contribution < 1.29 is 0 Å². The minimum Gasteiger partial charge on any atom is -0.396 e. The van der Waals surface area contributed by atoms with E-state index in [1.165, 1.54) is 24.6 Å². The van der Waals surface area contributed by atoms with Gasteiger partial charge in [-0.2, -0.15) is 5.26 Å². The van der Waals surface area contributed by atoms with Gasteiger partial charge in [-0.1, -0.05) is 6.42 Å². The Bertz CT molecular complexity index is 672. The SMILES string of the molecule is N#Cc1nc(Sc2nnc3n2CCCCC3)ccc1N. The van der Waals surface area contributed by atoms with Crippen molar-refractivity contribution in [1.82, 2.24) is 19.7 Å². The zero-order chi connectivity index (χ0) is 13.9. The van der Waals surface area contributed by atoms with Crippen LogP contribution in [0.25, 0.3) is 0 Å². The first-order chi connectivity index (χ1) is 9.78. The van der Waals surface area contributed by atoms with E-state index in [2.05, 4.69) is 19.7 Å². The number of hydrogen-bond donors (Lipinski definition) is 1. The van der Waals surface area contributed by atoms with Crippen LogP contribution in [-0.4, -0.2) is 19.7 Å². The molecule has 6 nitrogen and oxygen atoms in total. The molecule has 0 fully saturated rings. The van der Waals surface area contributed by atoms with E-state index < -0.39 is 0 Å². The summed E-state index contributed by atoms with van der Waals surface area (Å²) >= 11 is 1.43. The van der Waals surface area contributed by atoms with Crippen LogP contribution in [-0.2, 0) is 13.0 Å². The summed E-state index contributed by atoms with van der Waals surface area (Å²) in [6.45, 7) is 0.949. The van der Waals surface area contributed by atoms with Crippen LogP contribution in [0.4, 0.5) is 5.69 Å². The Balaban J connectivity index is 1.88. The van der Waals surface area contributed by atoms with Crippen LogP contribution in [0.5, 0.6) is 0 Å². The largest absolute Gasteiger partial charge is 0.396 e. The summed E-state index contributed by atoms with van der Waals surface area (Å²) in [6, 6.07) is 5.50. The van der Waals surface area contributed by atoms with Crippen molar-refractivity contribution in [3.05, 3.63) is 23.7 Å². The summed E-state index contributed by atoms with van der Waals surface area (Å²) in [7, 11) is 0. The molecule has 2 aromatic rings. The first-order valence-corrected chi connectivity index (χ1v) is 7.36. The molecule has 0 bridgehead atoms. The fraction of sp³-hybridized carbons (Fsp3) is 0.385. The molecule has 20 heavy (non-hydrogen) atoms. The van der Waals surface area contributed by atoms with Crippen LogP contribution < -0.4 is 5.73 Å². The van der Waals surface area contributed by atoms with Gasteiger partial charge in [-0.3, -0.25) is 0 Å². The van der Waals surface area contributed by atoms with Gasteiger partial charge in [-0.25, -0.2) is 4.98 Å². The highest BCUT2D eigenvalue weighted by molar-refractivity contribution is 7.99. The quantitative estimate of drug-likeness (QED) is 0.907. The fourth-order valence-electron chi connectivity index (χ4n) is 2.23. The van der Waals surface area contributed by atoms with Gasteiger partial charge in [0, 0.05) is 13.0 Å². The van der Waals surface area contributed by atoms with Gasteiger partial charge < -0.3 is 10.3 Å². The molecule has 0 aliphatic carbocycles. The van der Waals surface area contributed by atoms with Crippen molar-refractivity contribution in [2.45, 2.75) is 42.4 Å². The molecule has 2 N–H and O–H groups in total. The molecule has 102 valence electrons. The molecule has 0 radical (unpaired) electrons. The lowest BCUT2D eigenvalue weighted by Crippen LogP contribution is -2.02. The Kier molecular flexibility index (Phi) is 3.56. The summed E-state index contributed by atoms with van der Waals surface area (Å²) < 4.78 is 2.15. The highest BCUT2D eigenvalue weighted by Crippen LogP contribution is 2.28. The number of nitrogens with zero attached hydrogens (tertiary/aromatic N) is 5. The number of hydrogen-bond acceptors (Lipinski definition) is 6. The van der Waals surface area contributed by atoms with Crippen LogP contribution in [0.15, 0.2) is 22.3 Å². The third kappa shape index (κ3) is 2.47. The highest BCUT2D eigenvalue weighted by Gasteiger charge is 2.16. The second-order valence-corrected chi connectivity index (χ2v) is 5.65. The summed E-state index contributed by atoms with van der Waals surface area (Å²) in [5.74, 6) is 1.04. The Hall–Kier alpha value is -2.07. The molecule has 0 spiro atoms. The van der Waals surface area contributed by atoms with E-state index in [1.807, 2.05) is 6.07 Å². The van der Waals surface area contributed by atoms with Crippen molar-refractivity contribution in [2.24, 2.45) is 0 Å². The molecule has 2 aromatic heterocycles. The number of pyridine rings is 1. The summed E-state index contributed by atoms with van der Waals surface area (Å²) in [5, 5.41) is 19.0. The number of nitriles is 1. The number of rotatable bonds is 2. The van der Waals surface area contributed by atoms with E-state index in [-0.39, 0.29) is 5.69 Å². The predicted octanol–water partition coefficient (Wildman–Crippen LogP) is 2.00. The van der Waals surface area contributed by atoms with Crippen LogP contribution in [0, 0.1) is 11.3 Å². The van der Waals surface area contributed by atoms with Gasteiger partial charge >= 0.3 is 0 Å². The molecule has 7 heteroatoms. The molecule has 3 heterocycles. The van der Waals surface area contributed by atoms with Crippen molar-refractivity contribution in [3.63, 3.8) is 0 Å². The first kappa shape index (κ1) is 12.9. The third-order valence-electron chi connectivity index (χ3n) is 3.28. The van der Waals surface area contributed by atoms with Gasteiger partial charge in [0.15, 0.2) is 10.9 Å². The van der Waals surface area contributed by atoms with E-state index >= 15 is 0 Å². The maximum Gasteiger partial charge on any atom is 0.197 e. The lowest BCUT2D eigenvalue weighted by molar-refractivity contribution is 0.590. The molecule has 0 saturated heterocycles. The molecule has 0 atom stereocenters. The van der Waals surface area contributed by atoms with Crippen molar-refractivity contribution in [3.8, 4) is 6.07 Å². The number of nitrogen functional groups attached to an aromatic ring is 1. The molecular formula is C13H14N6S. The molecule has 1 aliphatic rings. The maximum absolute atomic E-state index is 8.96. The Labute approximate surface area is 121 Å². The molecular weight excluding hydrogens is 272 g/mol. The predicted molar refractivity (Wildman–Crippen MR) is 75.1 cm³/mol. The van der Waals surface area contributed by atoms with Gasteiger partial charge in [0.2, 0.25) is 0 Å². The van der Waals surface area contributed by atoms with Crippen LogP contribution in [0.2, 0.25) is 0 Å². The lowest BCUT2D eigenvalue weighted by atomic mass is 10.2. The average Bonchev–Trinajstić information content (AvgIpc) is 2.69. The molecule has 0 amide bonds. The van der Waals surface area contributed by atoms with Gasteiger partial charge in [0.25, 0.3) is 0 Å². The minimum absolute atomic E-state index is 0.255. The number of anilines is 1. The average molecular weight is 286 g/mol. The van der Waals surface area contributed by atoms with Gasteiger partial charge in [0.1, 0.15) is 16.9 Å². The van der Waals surface area contributed by atoms with Gasteiger partial charge in [-0.15, -0.1) is 10.2 Å². The fourth-order valence-corrected chi connectivity index (χ4v) is 3.07. The maximum atomic E-state index is 8.96. The number of aromatic nitrogens is 4. The Morgan fingerprint density at radius 1 is 1.25 bits per heavy atom. The second kappa shape index (κ2) is 5.51. The molecule has 1 aliphatic heterocycles. The normalized spacial score (nSPS) is 14.3. The monoisotopic (exact) mass is 286 g/mol. The summed E-state index contributed by atoms with van der Waals surface area (Å²) in [5.41, 5.74) is 6.33. The molecule has 0 aromatic carbocycles. The van der Waals surface area contributed by atoms with Gasteiger partial charge in [-0.05, 0) is 36.7 Å². The zero-order valence-electron chi connectivity index (χ0n) is 10.9. The molecule has 0 saturated carbocycles. The Morgan fingerprint density at radius 3 is 3.00 bits per heavy atom. The topological polar surface area (TPSA) is 93.4 Å². The standard InChI is InChI=1S/C13H14N6S/c14-8-10-9(15)5-6-12(16-10)20-13-18-17-11-4-2-1-3-7-19(11)13/h5-6H,1-4,7,15H2. The third-order valence-corrected chi connectivity index (χ3v) is 4.20. The van der Waals surface area contributed by atoms with Crippen LogP contribution in [0.3, 0.4) is 0 Å². The highest BCUT2D eigenvalue weighted by atomic mass is 32.2. The molecule has 0 unspecified atom stereocenters. The number of nitrogens with two attached hydrogens (primary N) is 1. The van der Waals surface area contributed by atoms with E-state index in [9.17, 15) is 0 Å². The van der Waals surface area contributed by atoms with Crippen LogP contribution >= 0.6 is 11.8 Å². The lowest BCUT2D eigenvalue weighted by Gasteiger charge is -2.06. The van der Waals surface area contributed by atoms with E-state index in [0.717, 1.165) is 35.4 Å².